The molecule has 0 spiro atoms. The van der Waals surface area contributed by atoms with Crippen molar-refractivity contribution < 1.29 is 9.53 Å². The molecule has 0 aliphatic carbocycles. The van der Waals surface area contributed by atoms with E-state index in [0.29, 0.717) is 6.54 Å². The molecule has 1 atom stereocenters. The van der Waals surface area contributed by atoms with Crippen molar-refractivity contribution >= 4 is 5.91 Å². The monoisotopic (exact) mass is 291 g/mol. The second kappa shape index (κ2) is 7.43. The first-order valence-electron chi connectivity index (χ1n) is 7.58. The van der Waals surface area contributed by atoms with Crippen molar-refractivity contribution in [3.63, 3.8) is 0 Å². The van der Waals surface area contributed by atoms with Gasteiger partial charge in [0.2, 0.25) is 5.91 Å². The Balaban J connectivity index is 2.08. The molecule has 1 aromatic carbocycles. The van der Waals surface area contributed by atoms with Crippen LogP contribution in [0.5, 0.6) is 5.75 Å². The van der Waals surface area contributed by atoms with E-state index in [0.717, 1.165) is 37.5 Å². The van der Waals surface area contributed by atoms with Crippen LogP contribution in [0.25, 0.3) is 0 Å². The normalized spacial score (nSPS) is 18.6. The lowest BCUT2D eigenvalue weighted by Crippen LogP contribution is -2.38. The molecule has 0 saturated carbocycles. The summed E-state index contributed by atoms with van der Waals surface area (Å²) in [5.74, 6) is 0.979. The minimum atomic E-state index is -0.0526. The first kappa shape index (κ1) is 15.8. The second-order valence-electron chi connectivity index (χ2n) is 5.17. The van der Waals surface area contributed by atoms with E-state index in [9.17, 15) is 4.79 Å². The lowest BCUT2D eigenvalue weighted by atomic mass is 10.1. The predicted molar refractivity (Wildman–Crippen MR) is 83.2 cm³/mol. The molecule has 1 unspecified atom stereocenters. The molecule has 0 radical (unpaired) electrons. The van der Waals surface area contributed by atoms with Crippen molar-refractivity contribution in [2.24, 2.45) is 0 Å². The van der Waals surface area contributed by atoms with E-state index in [4.69, 9.17) is 4.74 Å². The van der Waals surface area contributed by atoms with E-state index in [1.165, 1.54) is 0 Å². The lowest BCUT2D eigenvalue weighted by molar-refractivity contribution is -0.128. The Morgan fingerprint density at radius 1 is 1.38 bits per heavy atom. The van der Waals surface area contributed by atoms with Gasteiger partial charge in [-0.2, -0.15) is 0 Å². The average Bonchev–Trinajstić information content (AvgIpc) is 2.89. The first-order chi connectivity index (χ1) is 10.2. The molecule has 1 heterocycles. The van der Waals surface area contributed by atoms with Crippen molar-refractivity contribution in [2.45, 2.75) is 20.0 Å². The number of likely N-dealkylation sites (N-methyl/N-ethyl adjacent to an activating group) is 1. The third-order valence-corrected chi connectivity index (χ3v) is 4.04. The molecule has 1 aliphatic heterocycles. The zero-order valence-electron chi connectivity index (χ0n) is 13.1. The molecule has 2 rings (SSSR count). The van der Waals surface area contributed by atoms with Gasteiger partial charge >= 0.3 is 0 Å². The van der Waals surface area contributed by atoms with Crippen LogP contribution in [0, 0.1) is 0 Å². The van der Waals surface area contributed by atoms with Crippen LogP contribution >= 0.6 is 0 Å². The molecule has 116 valence electrons. The summed E-state index contributed by atoms with van der Waals surface area (Å²) in [4.78, 5) is 16.4. The van der Waals surface area contributed by atoms with Crippen molar-refractivity contribution in [2.75, 3.05) is 39.8 Å². The van der Waals surface area contributed by atoms with Gasteiger partial charge in [0, 0.05) is 13.1 Å². The number of ether oxygens (including phenoxy) is 1. The number of rotatable bonds is 7. The summed E-state index contributed by atoms with van der Waals surface area (Å²) in [6, 6.07) is 7.89. The molecule has 1 aromatic rings. The van der Waals surface area contributed by atoms with Gasteiger partial charge in [-0.3, -0.25) is 10.1 Å². The van der Waals surface area contributed by atoms with Gasteiger partial charge in [0.15, 0.2) is 0 Å². The van der Waals surface area contributed by atoms with E-state index in [2.05, 4.69) is 24.1 Å². The number of hydrogen-bond acceptors (Lipinski definition) is 4. The van der Waals surface area contributed by atoms with Crippen LogP contribution in [0.15, 0.2) is 24.3 Å². The fourth-order valence-corrected chi connectivity index (χ4v) is 2.69. The average molecular weight is 291 g/mol. The summed E-state index contributed by atoms with van der Waals surface area (Å²) < 4.78 is 5.27. The highest BCUT2D eigenvalue weighted by molar-refractivity contribution is 5.81. The zero-order valence-corrected chi connectivity index (χ0v) is 13.1. The van der Waals surface area contributed by atoms with E-state index in [-0.39, 0.29) is 12.1 Å². The van der Waals surface area contributed by atoms with E-state index >= 15 is 0 Å². The lowest BCUT2D eigenvalue weighted by Gasteiger charge is -2.28. The molecule has 1 fully saturated rings. The van der Waals surface area contributed by atoms with Crippen molar-refractivity contribution in [3.05, 3.63) is 29.8 Å². The molecule has 1 saturated heterocycles. The topological polar surface area (TPSA) is 44.8 Å². The third-order valence-electron chi connectivity index (χ3n) is 4.04. The van der Waals surface area contributed by atoms with Gasteiger partial charge in [-0.15, -0.1) is 0 Å². The van der Waals surface area contributed by atoms with Gasteiger partial charge in [0.25, 0.3) is 0 Å². The number of amides is 1. The minimum absolute atomic E-state index is 0.0526. The summed E-state index contributed by atoms with van der Waals surface area (Å²) in [5.41, 5.74) is 1.07. The second-order valence-corrected chi connectivity index (χ2v) is 5.17. The van der Waals surface area contributed by atoms with Crippen LogP contribution in [0.1, 0.15) is 25.6 Å². The fourth-order valence-electron chi connectivity index (χ4n) is 2.69. The largest absolute Gasteiger partial charge is 0.497 e. The standard InChI is InChI=1S/C16H25N3O2/c1-4-18(5-2)9-10-19-15(20)12-17-16(19)13-7-6-8-14(11-13)21-3/h6-8,11,16-17H,4-5,9-10,12H2,1-3H3. The minimum Gasteiger partial charge on any atom is -0.497 e. The molecule has 1 N–H and O–H groups in total. The van der Waals surface area contributed by atoms with Crippen LogP contribution in [0.3, 0.4) is 0 Å². The van der Waals surface area contributed by atoms with E-state index in [1.54, 1.807) is 7.11 Å². The highest BCUT2D eigenvalue weighted by Gasteiger charge is 2.31. The van der Waals surface area contributed by atoms with Gasteiger partial charge in [-0.05, 0) is 30.8 Å². The first-order valence-corrected chi connectivity index (χ1v) is 7.58. The van der Waals surface area contributed by atoms with Gasteiger partial charge in [0.05, 0.1) is 13.7 Å². The fraction of sp³-hybridized carbons (Fsp3) is 0.562. The maximum absolute atomic E-state index is 12.1. The zero-order chi connectivity index (χ0) is 15.2. The Labute approximate surface area is 126 Å². The number of benzene rings is 1. The maximum atomic E-state index is 12.1. The molecule has 1 aliphatic rings. The van der Waals surface area contributed by atoms with Crippen molar-refractivity contribution in [1.29, 1.82) is 0 Å². The Kier molecular flexibility index (Phi) is 5.59. The Morgan fingerprint density at radius 3 is 2.81 bits per heavy atom. The molecule has 0 aromatic heterocycles. The molecule has 5 heteroatoms. The predicted octanol–water partition coefficient (Wildman–Crippen LogP) is 1.47. The summed E-state index contributed by atoms with van der Waals surface area (Å²) >= 11 is 0. The third kappa shape index (κ3) is 3.74. The molecule has 0 bridgehead atoms. The highest BCUT2D eigenvalue weighted by Crippen LogP contribution is 2.25. The van der Waals surface area contributed by atoms with Gasteiger partial charge < -0.3 is 14.5 Å². The van der Waals surface area contributed by atoms with E-state index in [1.807, 2.05) is 29.2 Å². The van der Waals surface area contributed by atoms with Crippen molar-refractivity contribution in [3.8, 4) is 5.75 Å². The van der Waals surface area contributed by atoms with Crippen LogP contribution in [-0.4, -0.2) is 55.5 Å². The van der Waals surface area contributed by atoms with Crippen molar-refractivity contribution in [1.82, 2.24) is 15.1 Å². The number of carbonyl (C=O) groups is 1. The molecule has 5 nitrogen and oxygen atoms in total. The van der Waals surface area contributed by atoms with E-state index < -0.39 is 0 Å². The number of methoxy groups -OCH3 is 1. The Hall–Kier alpha value is -1.59. The Morgan fingerprint density at radius 2 is 2.14 bits per heavy atom. The van der Waals surface area contributed by atoms with Gasteiger partial charge in [-0.1, -0.05) is 26.0 Å². The smallest absolute Gasteiger partial charge is 0.238 e. The SMILES string of the molecule is CCN(CC)CCN1C(=O)CNC1c1cccc(OC)c1. The Bertz CT molecular complexity index is 474. The van der Waals surface area contributed by atoms with Crippen LogP contribution in [-0.2, 0) is 4.79 Å². The van der Waals surface area contributed by atoms with Gasteiger partial charge in [0.1, 0.15) is 11.9 Å². The van der Waals surface area contributed by atoms with Crippen LogP contribution in [0.2, 0.25) is 0 Å². The molecular formula is C16H25N3O2. The number of carbonyl (C=O) groups excluding carboxylic acids is 1. The maximum Gasteiger partial charge on any atom is 0.238 e. The number of hydrogen-bond donors (Lipinski definition) is 1. The number of nitrogens with one attached hydrogen (secondary N) is 1. The summed E-state index contributed by atoms with van der Waals surface area (Å²) in [6.07, 6.45) is -0.0526. The molecule has 21 heavy (non-hydrogen) atoms. The van der Waals surface area contributed by atoms with Crippen LogP contribution in [0.4, 0.5) is 0 Å². The van der Waals surface area contributed by atoms with Gasteiger partial charge in [-0.25, -0.2) is 0 Å². The summed E-state index contributed by atoms with van der Waals surface area (Å²) in [7, 11) is 1.66. The summed E-state index contributed by atoms with van der Waals surface area (Å²) in [6.45, 7) is 8.36. The summed E-state index contributed by atoms with van der Waals surface area (Å²) in [5, 5.41) is 3.29. The highest BCUT2D eigenvalue weighted by atomic mass is 16.5. The molecule has 1 amide bonds. The van der Waals surface area contributed by atoms with Crippen LogP contribution < -0.4 is 10.1 Å². The molecular weight excluding hydrogens is 266 g/mol. The quantitative estimate of drug-likeness (QED) is 0.826. The number of nitrogens with zero attached hydrogens (tertiary/aromatic N) is 2.